The van der Waals surface area contributed by atoms with Crippen LogP contribution in [-0.4, -0.2) is 76.6 Å². The van der Waals surface area contributed by atoms with Gasteiger partial charge in [-0.2, -0.15) is 0 Å². The molecule has 1 saturated heterocycles. The number of oxime groups is 1. The number of carbonyl (C=O) groups is 3. The minimum atomic E-state index is -5.06. The van der Waals surface area contributed by atoms with Crippen LogP contribution in [0.25, 0.3) is 0 Å². The van der Waals surface area contributed by atoms with E-state index in [0.29, 0.717) is 0 Å². The number of anilines is 1. The number of nitrogens with one attached hydrogen (secondary N) is 2. The molecule has 2 unspecified atom stereocenters. The van der Waals surface area contributed by atoms with Crippen LogP contribution >= 0.6 is 34.5 Å². The standard InChI is InChI=1S/C12H13Cl2N5O7S2.Na/c1-26-18-8(5-4-27-12(15-5)16-7(20)3-14)10(21)17-9-6(2-13)19(11(9)22)28(23,24)25;/h4,6,9H,2-3H2,1H3,(H,17,21)(H,15,16,20)(H,23,24,25);/q;+1/p-1. The van der Waals surface area contributed by atoms with Gasteiger partial charge in [0.25, 0.3) is 11.8 Å². The SMILES string of the molecule is CON=C(C(=O)NC1C(=O)N(S(=O)(=O)[O-])C1CCl)c1csc(NC(=O)CCl)n1.[Na+]. The molecule has 1 aromatic rings. The van der Waals surface area contributed by atoms with Crippen molar-refractivity contribution < 1.29 is 61.7 Å². The van der Waals surface area contributed by atoms with Gasteiger partial charge in [-0.1, -0.05) is 5.16 Å². The molecule has 1 aromatic heterocycles. The van der Waals surface area contributed by atoms with Crippen molar-refractivity contribution in [2.45, 2.75) is 12.1 Å². The molecule has 0 aliphatic carbocycles. The average molecular weight is 496 g/mol. The van der Waals surface area contributed by atoms with Gasteiger partial charge in [0.15, 0.2) is 21.1 Å². The molecule has 2 heterocycles. The van der Waals surface area contributed by atoms with Crippen LogP contribution in [0.4, 0.5) is 5.13 Å². The third-order valence-electron chi connectivity index (χ3n) is 3.37. The summed E-state index contributed by atoms with van der Waals surface area (Å²) >= 11 is 12.0. The first-order valence-electron chi connectivity index (χ1n) is 7.22. The Morgan fingerprint density at radius 1 is 1.45 bits per heavy atom. The van der Waals surface area contributed by atoms with Gasteiger partial charge in [0.1, 0.15) is 24.7 Å². The zero-order valence-corrected chi connectivity index (χ0v) is 20.1. The second-order valence-corrected chi connectivity index (χ2v) is 7.79. The number of alkyl halides is 2. The molecule has 17 heteroatoms. The predicted octanol–water partition coefficient (Wildman–Crippen LogP) is -3.93. The molecule has 12 nitrogen and oxygen atoms in total. The maximum atomic E-state index is 12.5. The van der Waals surface area contributed by atoms with Gasteiger partial charge in [0.2, 0.25) is 5.91 Å². The molecule has 2 rings (SSSR count). The van der Waals surface area contributed by atoms with E-state index in [1.165, 1.54) is 5.38 Å². The summed E-state index contributed by atoms with van der Waals surface area (Å²) in [6.45, 7) is 0. The van der Waals surface area contributed by atoms with Crippen molar-refractivity contribution in [1.29, 1.82) is 0 Å². The predicted molar refractivity (Wildman–Crippen MR) is 98.0 cm³/mol. The molecule has 0 aromatic carbocycles. The molecule has 3 amide bonds. The van der Waals surface area contributed by atoms with Crippen LogP contribution in [0.3, 0.4) is 0 Å². The summed E-state index contributed by atoms with van der Waals surface area (Å²) in [5.41, 5.74) is -0.341. The summed E-state index contributed by atoms with van der Waals surface area (Å²) in [5.74, 6) is -3.27. The molecule has 0 saturated carbocycles. The molecular formula is C12H12Cl2N5NaO7S2. The Bertz CT molecular complexity index is 925. The third kappa shape index (κ3) is 6.01. The number of carbonyl (C=O) groups excluding carboxylic acids is 3. The number of hydrogen-bond acceptors (Lipinski definition) is 10. The van der Waals surface area contributed by atoms with E-state index in [4.69, 9.17) is 23.2 Å². The zero-order chi connectivity index (χ0) is 21.1. The van der Waals surface area contributed by atoms with Crippen LogP contribution < -0.4 is 40.2 Å². The van der Waals surface area contributed by atoms with E-state index >= 15 is 0 Å². The topological polar surface area (TPSA) is 170 Å². The zero-order valence-electron chi connectivity index (χ0n) is 14.9. The van der Waals surface area contributed by atoms with E-state index in [1.807, 2.05) is 0 Å². The average Bonchev–Trinajstić information content (AvgIpc) is 3.08. The Labute approximate surface area is 201 Å². The van der Waals surface area contributed by atoms with Gasteiger partial charge in [0.05, 0.1) is 6.04 Å². The van der Waals surface area contributed by atoms with Crippen molar-refractivity contribution in [1.82, 2.24) is 14.6 Å². The van der Waals surface area contributed by atoms with Crippen LogP contribution in [-0.2, 0) is 29.5 Å². The fourth-order valence-electron chi connectivity index (χ4n) is 2.20. The van der Waals surface area contributed by atoms with Crippen molar-refractivity contribution in [3.8, 4) is 0 Å². The number of β-lactam (4-membered cyclic amide) rings is 1. The molecule has 1 fully saturated rings. The van der Waals surface area contributed by atoms with E-state index in [1.54, 1.807) is 0 Å². The smallest absolute Gasteiger partial charge is 0.731 e. The minimum absolute atomic E-state index is 0. The molecule has 0 spiro atoms. The van der Waals surface area contributed by atoms with Gasteiger partial charge < -0.3 is 20.0 Å². The maximum absolute atomic E-state index is 12.5. The van der Waals surface area contributed by atoms with Gasteiger partial charge in [-0.05, 0) is 0 Å². The Balaban J connectivity index is 0.00000420. The van der Waals surface area contributed by atoms with Crippen molar-refractivity contribution in [2.24, 2.45) is 5.16 Å². The summed E-state index contributed by atoms with van der Waals surface area (Å²) < 4.78 is 33.3. The van der Waals surface area contributed by atoms with E-state index < -0.39 is 46.0 Å². The molecule has 29 heavy (non-hydrogen) atoms. The van der Waals surface area contributed by atoms with Crippen LogP contribution in [0.1, 0.15) is 5.69 Å². The van der Waals surface area contributed by atoms with Crippen molar-refractivity contribution >= 4 is 73.4 Å². The number of halogens is 2. The summed E-state index contributed by atoms with van der Waals surface area (Å²) in [5, 5.41) is 9.69. The normalized spacial score (nSPS) is 19.1. The molecule has 2 N–H and O–H groups in total. The molecule has 2 atom stereocenters. The van der Waals surface area contributed by atoms with Crippen molar-refractivity contribution in [2.75, 3.05) is 24.2 Å². The van der Waals surface area contributed by atoms with Crippen molar-refractivity contribution in [3.63, 3.8) is 0 Å². The number of thiazole rings is 1. The van der Waals surface area contributed by atoms with Crippen LogP contribution in [0.15, 0.2) is 10.5 Å². The Morgan fingerprint density at radius 2 is 2.10 bits per heavy atom. The van der Waals surface area contributed by atoms with Crippen LogP contribution in [0.2, 0.25) is 0 Å². The maximum Gasteiger partial charge on any atom is 1.00 e. The first-order chi connectivity index (χ1) is 13.1. The fraction of sp³-hybridized carbons (Fsp3) is 0.417. The summed E-state index contributed by atoms with van der Waals surface area (Å²) in [7, 11) is -3.89. The number of aromatic nitrogens is 1. The quantitative estimate of drug-likeness (QED) is 0.0918. The summed E-state index contributed by atoms with van der Waals surface area (Å²) in [4.78, 5) is 44.3. The second kappa shape index (κ2) is 10.9. The van der Waals surface area contributed by atoms with Crippen molar-refractivity contribution in [3.05, 3.63) is 11.1 Å². The third-order valence-corrected chi connectivity index (χ3v) is 5.62. The molecule has 154 valence electrons. The Hall–Kier alpha value is -1.000. The minimum Gasteiger partial charge on any atom is -0.731 e. The van der Waals surface area contributed by atoms with E-state index in [9.17, 15) is 27.4 Å². The van der Waals surface area contributed by atoms with Crippen LogP contribution in [0, 0.1) is 0 Å². The number of rotatable bonds is 8. The van der Waals surface area contributed by atoms with E-state index in [2.05, 4.69) is 25.6 Å². The van der Waals surface area contributed by atoms with E-state index in [0.717, 1.165) is 18.4 Å². The van der Waals surface area contributed by atoms with Gasteiger partial charge in [-0.3, -0.25) is 14.4 Å². The molecule has 0 radical (unpaired) electrons. The first-order valence-corrected chi connectivity index (χ1v) is 10.5. The van der Waals surface area contributed by atoms with Gasteiger partial charge in [0, 0.05) is 11.3 Å². The largest absolute Gasteiger partial charge is 1.00 e. The van der Waals surface area contributed by atoms with Gasteiger partial charge in [-0.25, -0.2) is 17.7 Å². The number of nitrogens with zero attached hydrogens (tertiary/aromatic N) is 3. The molecule has 0 bridgehead atoms. The van der Waals surface area contributed by atoms with Crippen LogP contribution in [0.5, 0.6) is 0 Å². The fourth-order valence-corrected chi connectivity index (χ4v) is 4.24. The molecule has 1 aliphatic rings. The first kappa shape index (κ1) is 26.0. The van der Waals surface area contributed by atoms with Gasteiger partial charge in [-0.15, -0.1) is 34.5 Å². The molecular weight excluding hydrogens is 484 g/mol. The Kier molecular flexibility index (Phi) is 9.75. The van der Waals surface area contributed by atoms with E-state index in [-0.39, 0.29) is 56.3 Å². The Morgan fingerprint density at radius 3 is 2.62 bits per heavy atom. The summed E-state index contributed by atoms with van der Waals surface area (Å²) in [6.07, 6.45) is 0. The second-order valence-electron chi connectivity index (χ2n) is 5.11. The molecule has 1 aliphatic heterocycles. The monoisotopic (exact) mass is 495 g/mol. The number of amides is 3. The summed E-state index contributed by atoms with van der Waals surface area (Å²) in [6, 6.07) is -2.58. The number of hydrogen-bond donors (Lipinski definition) is 2. The van der Waals surface area contributed by atoms with Gasteiger partial charge >= 0.3 is 29.6 Å².